The molecule has 3 rings (SSSR count). The van der Waals surface area contributed by atoms with E-state index < -0.39 is 5.41 Å². The molecule has 0 bridgehead atoms. The summed E-state index contributed by atoms with van der Waals surface area (Å²) in [4.78, 5) is 25.8. The lowest BCUT2D eigenvalue weighted by Crippen LogP contribution is -2.35. The van der Waals surface area contributed by atoms with Gasteiger partial charge < -0.3 is 14.0 Å². The molecule has 5 nitrogen and oxygen atoms in total. The number of halogens is 1. The van der Waals surface area contributed by atoms with Gasteiger partial charge in [-0.1, -0.05) is 36.6 Å². The van der Waals surface area contributed by atoms with Crippen LogP contribution in [0.1, 0.15) is 53.0 Å². The van der Waals surface area contributed by atoms with Gasteiger partial charge in [-0.2, -0.15) is 0 Å². The molecule has 1 saturated carbocycles. The SMILES string of the molecule is COCCn1c(C)cc(C(=O)COC(=O)C2(c3ccc(Cl)cc3)CCCC2)c1C. The van der Waals surface area contributed by atoms with Crippen molar-refractivity contribution in [3.05, 3.63) is 57.9 Å². The summed E-state index contributed by atoms with van der Waals surface area (Å²) < 4.78 is 12.7. The van der Waals surface area contributed by atoms with Gasteiger partial charge in [-0.05, 0) is 50.5 Å². The van der Waals surface area contributed by atoms with Crippen LogP contribution in [0.2, 0.25) is 5.02 Å². The number of esters is 1. The lowest BCUT2D eigenvalue weighted by molar-refractivity contribution is -0.149. The Morgan fingerprint density at radius 2 is 1.79 bits per heavy atom. The summed E-state index contributed by atoms with van der Waals surface area (Å²) in [5, 5.41) is 0.634. The van der Waals surface area contributed by atoms with Crippen molar-refractivity contribution < 1.29 is 19.1 Å². The Balaban J connectivity index is 1.72. The van der Waals surface area contributed by atoms with E-state index in [1.54, 1.807) is 19.2 Å². The third kappa shape index (κ3) is 4.41. The van der Waals surface area contributed by atoms with Crippen molar-refractivity contribution in [2.24, 2.45) is 0 Å². The molecule has 0 spiro atoms. The predicted molar refractivity (Wildman–Crippen MR) is 113 cm³/mol. The number of hydrogen-bond donors (Lipinski definition) is 0. The smallest absolute Gasteiger partial charge is 0.317 e. The van der Waals surface area contributed by atoms with Crippen LogP contribution in [0.3, 0.4) is 0 Å². The summed E-state index contributed by atoms with van der Waals surface area (Å²) in [6, 6.07) is 9.22. The quantitative estimate of drug-likeness (QED) is 0.463. The molecule has 0 saturated heterocycles. The average Bonchev–Trinajstić information content (AvgIpc) is 3.31. The van der Waals surface area contributed by atoms with Crippen molar-refractivity contribution >= 4 is 23.4 Å². The minimum absolute atomic E-state index is 0.181. The molecule has 29 heavy (non-hydrogen) atoms. The van der Waals surface area contributed by atoms with Gasteiger partial charge in [-0.3, -0.25) is 9.59 Å². The van der Waals surface area contributed by atoms with Gasteiger partial charge in [0.15, 0.2) is 6.61 Å². The molecule has 2 aromatic rings. The van der Waals surface area contributed by atoms with E-state index in [0.29, 0.717) is 23.7 Å². The van der Waals surface area contributed by atoms with E-state index >= 15 is 0 Å². The molecule has 0 unspecified atom stereocenters. The number of aryl methyl sites for hydroxylation is 1. The maximum atomic E-state index is 13.1. The summed E-state index contributed by atoms with van der Waals surface area (Å²) in [6.07, 6.45) is 3.39. The first-order valence-electron chi connectivity index (χ1n) is 10.0. The largest absolute Gasteiger partial charge is 0.457 e. The maximum absolute atomic E-state index is 13.1. The van der Waals surface area contributed by atoms with E-state index in [2.05, 4.69) is 0 Å². The van der Waals surface area contributed by atoms with Crippen molar-refractivity contribution in [3.8, 4) is 0 Å². The van der Waals surface area contributed by atoms with Crippen molar-refractivity contribution in [1.29, 1.82) is 0 Å². The molecule has 0 atom stereocenters. The molecule has 1 aliphatic carbocycles. The molecule has 0 amide bonds. The molecule has 1 aromatic heterocycles. The molecule has 6 heteroatoms. The number of carbonyl (C=O) groups is 2. The fraction of sp³-hybridized carbons (Fsp3) is 0.478. The summed E-state index contributed by atoms with van der Waals surface area (Å²) >= 11 is 6.00. The Hall–Kier alpha value is -2.11. The van der Waals surface area contributed by atoms with Crippen LogP contribution >= 0.6 is 11.6 Å². The van der Waals surface area contributed by atoms with Gasteiger partial charge in [0.25, 0.3) is 0 Å². The lowest BCUT2D eigenvalue weighted by Gasteiger charge is -2.27. The first-order valence-corrected chi connectivity index (χ1v) is 10.4. The first kappa shape index (κ1) is 21.6. The monoisotopic (exact) mass is 417 g/mol. The second-order valence-electron chi connectivity index (χ2n) is 7.72. The predicted octanol–water partition coefficient (Wildman–Crippen LogP) is 4.64. The minimum Gasteiger partial charge on any atom is -0.457 e. The van der Waals surface area contributed by atoms with Gasteiger partial charge in [-0.25, -0.2) is 0 Å². The van der Waals surface area contributed by atoms with Crippen LogP contribution in [0.5, 0.6) is 0 Å². The van der Waals surface area contributed by atoms with Gasteiger partial charge in [-0.15, -0.1) is 0 Å². The van der Waals surface area contributed by atoms with E-state index in [1.807, 2.05) is 36.6 Å². The fourth-order valence-corrected chi connectivity index (χ4v) is 4.44. The number of nitrogens with zero attached hydrogens (tertiary/aromatic N) is 1. The highest BCUT2D eigenvalue weighted by Gasteiger charge is 2.44. The second kappa shape index (κ2) is 9.14. The number of Topliss-reactive ketones (excluding diaryl/α,β-unsaturated/α-hetero) is 1. The number of ketones is 1. The van der Waals surface area contributed by atoms with Crippen molar-refractivity contribution in [1.82, 2.24) is 4.57 Å². The van der Waals surface area contributed by atoms with Gasteiger partial charge in [0.2, 0.25) is 5.78 Å². The molecular formula is C23H28ClNO4. The van der Waals surface area contributed by atoms with Crippen LogP contribution in [-0.2, 0) is 26.2 Å². The van der Waals surface area contributed by atoms with Crippen LogP contribution < -0.4 is 0 Å². The van der Waals surface area contributed by atoms with Crippen LogP contribution in [0.4, 0.5) is 0 Å². The highest BCUT2D eigenvalue weighted by atomic mass is 35.5. The molecular weight excluding hydrogens is 390 g/mol. The van der Waals surface area contributed by atoms with E-state index in [9.17, 15) is 9.59 Å². The number of ether oxygens (including phenoxy) is 2. The van der Waals surface area contributed by atoms with Gasteiger partial charge in [0.1, 0.15) is 0 Å². The normalized spacial score (nSPS) is 15.4. The highest BCUT2D eigenvalue weighted by molar-refractivity contribution is 6.30. The van der Waals surface area contributed by atoms with E-state index in [0.717, 1.165) is 42.6 Å². The summed E-state index contributed by atoms with van der Waals surface area (Å²) in [6.45, 7) is 4.87. The average molecular weight is 418 g/mol. The number of methoxy groups -OCH3 is 1. The Morgan fingerprint density at radius 1 is 1.14 bits per heavy atom. The van der Waals surface area contributed by atoms with Crippen molar-refractivity contribution in [2.75, 3.05) is 20.3 Å². The Labute approximate surface area is 176 Å². The lowest BCUT2D eigenvalue weighted by atomic mass is 9.79. The Kier molecular flexibility index (Phi) is 6.81. The third-order valence-electron chi connectivity index (χ3n) is 5.97. The molecule has 0 aliphatic heterocycles. The summed E-state index contributed by atoms with van der Waals surface area (Å²) in [5.41, 5.74) is 2.68. The van der Waals surface area contributed by atoms with Crippen molar-refractivity contribution in [2.45, 2.75) is 51.5 Å². The number of benzene rings is 1. The zero-order chi connectivity index (χ0) is 21.0. The maximum Gasteiger partial charge on any atom is 0.317 e. The van der Waals surface area contributed by atoms with Crippen molar-refractivity contribution in [3.63, 3.8) is 0 Å². The van der Waals surface area contributed by atoms with Gasteiger partial charge >= 0.3 is 5.97 Å². The number of carbonyl (C=O) groups excluding carboxylic acids is 2. The van der Waals surface area contributed by atoms with Crippen LogP contribution in [-0.4, -0.2) is 36.6 Å². The molecule has 1 heterocycles. The zero-order valence-corrected chi connectivity index (χ0v) is 18.1. The molecule has 1 aliphatic rings. The number of rotatable bonds is 8. The molecule has 1 fully saturated rings. The van der Waals surface area contributed by atoms with Crippen LogP contribution in [0, 0.1) is 13.8 Å². The molecule has 0 N–H and O–H groups in total. The van der Waals surface area contributed by atoms with Gasteiger partial charge in [0, 0.05) is 35.6 Å². The summed E-state index contributed by atoms with van der Waals surface area (Å²) in [5.74, 6) is -0.502. The second-order valence-corrected chi connectivity index (χ2v) is 8.16. The molecule has 1 aromatic carbocycles. The van der Waals surface area contributed by atoms with E-state index in [1.165, 1.54) is 0 Å². The van der Waals surface area contributed by atoms with Gasteiger partial charge in [0.05, 0.1) is 12.0 Å². The standard InChI is InChI=1S/C23H28ClNO4/c1-16-14-20(17(2)25(16)12-13-28-3)21(26)15-29-22(27)23(10-4-5-11-23)18-6-8-19(24)9-7-18/h6-9,14H,4-5,10-13,15H2,1-3H3. The number of hydrogen-bond acceptors (Lipinski definition) is 4. The molecule has 0 radical (unpaired) electrons. The van der Waals surface area contributed by atoms with E-state index in [4.69, 9.17) is 21.1 Å². The van der Waals surface area contributed by atoms with Crippen LogP contribution in [0.25, 0.3) is 0 Å². The Morgan fingerprint density at radius 3 is 2.41 bits per heavy atom. The topological polar surface area (TPSA) is 57.5 Å². The van der Waals surface area contributed by atoms with Crippen LogP contribution in [0.15, 0.2) is 30.3 Å². The first-order chi connectivity index (χ1) is 13.9. The molecule has 156 valence electrons. The highest BCUT2D eigenvalue weighted by Crippen LogP contribution is 2.42. The summed E-state index contributed by atoms with van der Waals surface area (Å²) in [7, 11) is 1.65. The third-order valence-corrected chi connectivity index (χ3v) is 6.22. The fourth-order valence-electron chi connectivity index (χ4n) is 4.32. The zero-order valence-electron chi connectivity index (χ0n) is 17.3. The Bertz CT molecular complexity index is 879. The number of aromatic nitrogens is 1. The minimum atomic E-state index is -0.680. The van der Waals surface area contributed by atoms with E-state index in [-0.39, 0.29) is 18.4 Å².